The molecule has 3 aromatic rings. The molecular formula is C23H24O3. The van der Waals surface area contributed by atoms with E-state index >= 15 is 0 Å². The van der Waals surface area contributed by atoms with Gasteiger partial charge in [0.25, 0.3) is 0 Å². The summed E-state index contributed by atoms with van der Waals surface area (Å²) in [5, 5.41) is 12.3. The fourth-order valence-corrected chi connectivity index (χ4v) is 3.35. The molecule has 3 heteroatoms. The molecule has 0 fully saturated rings. The van der Waals surface area contributed by atoms with Crippen LogP contribution in [0, 0.1) is 0 Å². The van der Waals surface area contributed by atoms with Crippen LogP contribution >= 0.6 is 0 Å². The second-order valence-electron chi connectivity index (χ2n) is 6.24. The van der Waals surface area contributed by atoms with E-state index in [0.29, 0.717) is 18.8 Å². The highest BCUT2D eigenvalue weighted by atomic mass is 16.5. The van der Waals surface area contributed by atoms with E-state index in [4.69, 9.17) is 9.47 Å². The third-order valence-corrected chi connectivity index (χ3v) is 4.46. The zero-order chi connectivity index (χ0) is 18.5. The molecule has 26 heavy (non-hydrogen) atoms. The standard InChI is InChI=1S/C23H24O3/c1-4-10-20-21(16(2)24)23(25-3)19-14-9-8-13-18(19)22(20)26-15-17-11-6-5-7-12-17/h4-9,11-14,16,24H,1,10,15H2,2-3H3. The Morgan fingerprint density at radius 3 is 2.19 bits per heavy atom. The van der Waals surface area contributed by atoms with Crippen molar-refractivity contribution in [3.63, 3.8) is 0 Å². The number of methoxy groups -OCH3 is 1. The summed E-state index contributed by atoms with van der Waals surface area (Å²) >= 11 is 0. The molecule has 0 heterocycles. The quantitative estimate of drug-likeness (QED) is 0.596. The Morgan fingerprint density at radius 1 is 1.00 bits per heavy atom. The molecule has 0 aliphatic heterocycles. The lowest BCUT2D eigenvalue weighted by Gasteiger charge is -2.22. The largest absolute Gasteiger partial charge is 0.496 e. The van der Waals surface area contributed by atoms with Crippen LogP contribution in [0.3, 0.4) is 0 Å². The zero-order valence-electron chi connectivity index (χ0n) is 15.2. The number of aliphatic hydroxyl groups excluding tert-OH is 1. The van der Waals surface area contributed by atoms with E-state index in [-0.39, 0.29) is 0 Å². The summed E-state index contributed by atoms with van der Waals surface area (Å²) < 4.78 is 11.9. The molecule has 0 aromatic heterocycles. The minimum absolute atomic E-state index is 0.459. The molecule has 0 amide bonds. The second-order valence-corrected chi connectivity index (χ2v) is 6.24. The fourth-order valence-electron chi connectivity index (χ4n) is 3.35. The van der Waals surface area contributed by atoms with Crippen molar-refractivity contribution in [3.05, 3.63) is 83.9 Å². The molecule has 0 saturated heterocycles. The van der Waals surface area contributed by atoms with Crippen molar-refractivity contribution in [2.24, 2.45) is 0 Å². The predicted molar refractivity (Wildman–Crippen MR) is 106 cm³/mol. The first-order valence-electron chi connectivity index (χ1n) is 8.74. The Hall–Kier alpha value is -2.78. The normalized spacial score (nSPS) is 12.0. The van der Waals surface area contributed by atoms with E-state index in [0.717, 1.165) is 33.2 Å². The maximum Gasteiger partial charge on any atom is 0.133 e. The van der Waals surface area contributed by atoms with Gasteiger partial charge in [0.1, 0.15) is 18.1 Å². The van der Waals surface area contributed by atoms with Gasteiger partial charge in [-0.2, -0.15) is 0 Å². The van der Waals surface area contributed by atoms with Crippen molar-refractivity contribution >= 4 is 10.8 Å². The highest BCUT2D eigenvalue weighted by Crippen LogP contribution is 2.44. The summed E-state index contributed by atoms with van der Waals surface area (Å²) in [6.07, 6.45) is 1.74. The first-order chi connectivity index (χ1) is 12.7. The number of allylic oxidation sites excluding steroid dienone is 1. The highest BCUT2D eigenvalue weighted by Gasteiger charge is 2.23. The number of hydrogen-bond donors (Lipinski definition) is 1. The van der Waals surface area contributed by atoms with Gasteiger partial charge in [0.15, 0.2) is 0 Å². The molecule has 1 atom stereocenters. The smallest absolute Gasteiger partial charge is 0.133 e. The molecule has 1 N–H and O–H groups in total. The summed E-state index contributed by atoms with van der Waals surface area (Å²) in [6.45, 7) is 6.08. The minimum Gasteiger partial charge on any atom is -0.496 e. The zero-order valence-corrected chi connectivity index (χ0v) is 15.2. The van der Waals surface area contributed by atoms with Gasteiger partial charge in [-0.3, -0.25) is 0 Å². The SMILES string of the molecule is C=CCc1c(C(C)O)c(OC)c2ccccc2c1OCc1ccccc1. The van der Waals surface area contributed by atoms with Crippen LogP contribution in [0.1, 0.15) is 29.7 Å². The molecule has 0 spiro atoms. The van der Waals surface area contributed by atoms with Crippen LogP contribution < -0.4 is 9.47 Å². The molecule has 3 nitrogen and oxygen atoms in total. The van der Waals surface area contributed by atoms with E-state index in [2.05, 4.69) is 6.58 Å². The van der Waals surface area contributed by atoms with Gasteiger partial charge in [-0.25, -0.2) is 0 Å². The average molecular weight is 348 g/mol. The van der Waals surface area contributed by atoms with Crippen LogP contribution in [-0.2, 0) is 13.0 Å². The van der Waals surface area contributed by atoms with Gasteiger partial charge < -0.3 is 14.6 Å². The fraction of sp³-hybridized carbons (Fsp3) is 0.217. The number of ether oxygens (including phenoxy) is 2. The number of aliphatic hydroxyl groups is 1. The number of rotatable bonds is 7. The third kappa shape index (κ3) is 3.44. The van der Waals surface area contributed by atoms with Crippen molar-refractivity contribution < 1.29 is 14.6 Å². The summed E-state index contributed by atoms with van der Waals surface area (Å²) in [5.41, 5.74) is 2.77. The summed E-state index contributed by atoms with van der Waals surface area (Å²) in [4.78, 5) is 0. The van der Waals surface area contributed by atoms with Crippen molar-refractivity contribution in [2.45, 2.75) is 26.1 Å². The molecule has 0 aliphatic carbocycles. The first kappa shape index (κ1) is 18.0. The maximum absolute atomic E-state index is 10.4. The maximum atomic E-state index is 10.4. The molecule has 3 aromatic carbocycles. The average Bonchev–Trinajstić information content (AvgIpc) is 2.67. The lowest BCUT2D eigenvalue weighted by Crippen LogP contribution is -2.07. The Kier molecular flexibility index (Phi) is 5.59. The van der Waals surface area contributed by atoms with Crippen molar-refractivity contribution in [2.75, 3.05) is 7.11 Å². The van der Waals surface area contributed by atoms with Gasteiger partial charge in [0, 0.05) is 21.9 Å². The topological polar surface area (TPSA) is 38.7 Å². The molecule has 0 radical (unpaired) electrons. The Labute approximate surface area is 154 Å². The van der Waals surface area contributed by atoms with Crippen LogP contribution in [0.15, 0.2) is 67.3 Å². The summed E-state index contributed by atoms with van der Waals surface area (Å²) in [5.74, 6) is 1.47. The number of benzene rings is 3. The van der Waals surface area contributed by atoms with E-state index in [1.54, 1.807) is 14.0 Å². The van der Waals surface area contributed by atoms with Gasteiger partial charge in [0.2, 0.25) is 0 Å². The van der Waals surface area contributed by atoms with Crippen molar-refractivity contribution in [1.29, 1.82) is 0 Å². The van der Waals surface area contributed by atoms with E-state index < -0.39 is 6.10 Å². The molecular weight excluding hydrogens is 324 g/mol. The van der Waals surface area contributed by atoms with Crippen molar-refractivity contribution in [3.8, 4) is 11.5 Å². The van der Waals surface area contributed by atoms with E-state index in [9.17, 15) is 5.11 Å². The Balaban J connectivity index is 2.21. The minimum atomic E-state index is -0.677. The van der Waals surface area contributed by atoms with Crippen LogP contribution in [0.25, 0.3) is 10.8 Å². The first-order valence-corrected chi connectivity index (χ1v) is 8.74. The van der Waals surface area contributed by atoms with Crippen molar-refractivity contribution in [1.82, 2.24) is 0 Å². The Bertz CT molecular complexity index is 898. The Morgan fingerprint density at radius 2 is 1.62 bits per heavy atom. The molecule has 1 unspecified atom stereocenters. The molecule has 3 rings (SSSR count). The molecule has 134 valence electrons. The summed E-state index contributed by atoms with van der Waals surface area (Å²) in [6, 6.07) is 18.0. The monoisotopic (exact) mass is 348 g/mol. The lowest BCUT2D eigenvalue weighted by molar-refractivity contribution is 0.192. The van der Waals surface area contributed by atoms with Gasteiger partial charge in [-0.05, 0) is 18.9 Å². The highest BCUT2D eigenvalue weighted by molar-refractivity contribution is 5.96. The van der Waals surface area contributed by atoms with Crippen LogP contribution in [0.5, 0.6) is 11.5 Å². The molecule has 0 bridgehead atoms. The number of fused-ring (bicyclic) bond motifs is 1. The van der Waals surface area contributed by atoms with E-state index in [1.165, 1.54) is 0 Å². The van der Waals surface area contributed by atoms with Crippen LogP contribution in [-0.4, -0.2) is 12.2 Å². The van der Waals surface area contributed by atoms with Crippen LogP contribution in [0.4, 0.5) is 0 Å². The third-order valence-electron chi connectivity index (χ3n) is 4.46. The van der Waals surface area contributed by atoms with Gasteiger partial charge in [-0.15, -0.1) is 6.58 Å². The summed E-state index contributed by atoms with van der Waals surface area (Å²) in [7, 11) is 1.63. The van der Waals surface area contributed by atoms with Gasteiger partial charge >= 0.3 is 0 Å². The lowest BCUT2D eigenvalue weighted by atomic mass is 9.93. The van der Waals surface area contributed by atoms with E-state index in [1.807, 2.05) is 60.7 Å². The second kappa shape index (κ2) is 8.07. The predicted octanol–water partition coefficient (Wildman–Crippen LogP) is 5.21. The number of hydrogen-bond acceptors (Lipinski definition) is 3. The molecule has 0 aliphatic rings. The van der Waals surface area contributed by atoms with Gasteiger partial charge in [-0.1, -0.05) is 60.7 Å². The van der Waals surface area contributed by atoms with Crippen LogP contribution in [0.2, 0.25) is 0 Å². The molecule has 0 saturated carbocycles. The van der Waals surface area contributed by atoms with Gasteiger partial charge in [0.05, 0.1) is 13.2 Å².